The van der Waals surface area contributed by atoms with Gasteiger partial charge in [0.2, 0.25) is 11.8 Å². The lowest BCUT2D eigenvalue weighted by Crippen LogP contribution is -2.57. The molecule has 1 atom stereocenters. The highest BCUT2D eigenvalue weighted by molar-refractivity contribution is 5.91. The first-order chi connectivity index (χ1) is 16.3. The van der Waals surface area contributed by atoms with Crippen LogP contribution in [0, 0.1) is 11.7 Å². The number of aromatic nitrogens is 1. The number of fused-ring (bicyclic) bond motifs is 1. The molecule has 0 spiro atoms. The van der Waals surface area contributed by atoms with Gasteiger partial charge < -0.3 is 15.0 Å². The summed E-state index contributed by atoms with van der Waals surface area (Å²) in [6.07, 6.45) is 4.51. The van der Waals surface area contributed by atoms with E-state index in [9.17, 15) is 14.0 Å². The Hall–Kier alpha value is -3.32. The van der Waals surface area contributed by atoms with Crippen molar-refractivity contribution in [2.45, 2.75) is 32.2 Å². The number of nitrogens with zero attached hydrogens (tertiary/aromatic N) is 2. The van der Waals surface area contributed by atoms with Gasteiger partial charge in [-0.1, -0.05) is 30.3 Å². The lowest BCUT2D eigenvalue weighted by Gasteiger charge is -2.33. The van der Waals surface area contributed by atoms with Gasteiger partial charge in [0.15, 0.2) is 0 Å². The minimum Gasteiger partial charge on any atom is -0.379 e. The molecule has 0 aliphatic carbocycles. The van der Waals surface area contributed by atoms with Gasteiger partial charge in [-0.25, -0.2) is 4.39 Å². The van der Waals surface area contributed by atoms with Crippen molar-refractivity contribution in [1.82, 2.24) is 15.2 Å². The molecule has 0 bridgehead atoms. The van der Waals surface area contributed by atoms with Gasteiger partial charge in [0.25, 0.3) is 0 Å². The van der Waals surface area contributed by atoms with Crippen LogP contribution in [-0.2, 0) is 27.2 Å². The van der Waals surface area contributed by atoms with Crippen molar-refractivity contribution in [3.8, 4) is 0 Å². The Bertz CT molecular complexity index is 1160. The summed E-state index contributed by atoms with van der Waals surface area (Å²) in [5.41, 5.74) is 0.797. The van der Waals surface area contributed by atoms with Gasteiger partial charge in [-0.05, 0) is 55.0 Å². The topological polar surface area (TPSA) is 71.5 Å². The largest absolute Gasteiger partial charge is 0.379 e. The van der Waals surface area contributed by atoms with Crippen LogP contribution < -0.4 is 5.32 Å². The third-order valence-electron chi connectivity index (χ3n) is 6.17. The van der Waals surface area contributed by atoms with Crippen molar-refractivity contribution in [2.75, 3.05) is 26.3 Å². The van der Waals surface area contributed by atoms with Crippen molar-refractivity contribution in [3.63, 3.8) is 0 Å². The van der Waals surface area contributed by atoms with Crippen LogP contribution in [0.4, 0.5) is 4.39 Å². The second kappa shape index (κ2) is 10.3. The second-order valence-electron chi connectivity index (χ2n) is 9.39. The molecule has 0 radical (unpaired) electrons. The molecular formula is C27H30FN3O3. The number of hydrogen-bond acceptors (Lipinski definition) is 4. The second-order valence-corrected chi connectivity index (χ2v) is 9.39. The SMILES string of the molecule is CC(C)(NC(=O)Cc1ccc(F)cc1)C(=O)N1CCOC[C@@H](Cc2cccc3ccncc23)C1. The summed E-state index contributed by atoms with van der Waals surface area (Å²) in [6.45, 7) is 5.48. The molecule has 1 aliphatic rings. The number of hydrogen-bond donors (Lipinski definition) is 1. The van der Waals surface area contributed by atoms with Crippen LogP contribution in [0.5, 0.6) is 0 Å². The maximum atomic E-state index is 13.4. The first-order valence-corrected chi connectivity index (χ1v) is 11.6. The van der Waals surface area contributed by atoms with E-state index in [0.717, 1.165) is 17.2 Å². The van der Waals surface area contributed by atoms with Gasteiger partial charge in [-0.3, -0.25) is 14.6 Å². The van der Waals surface area contributed by atoms with E-state index < -0.39 is 5.54 Å². The van der Waals surface area contributed by atoms with Crippen LogP contribution in [0.1, 0.15) is 25.0 Å². The van der Waals surface area contributed by atoms with Gasteiger partial charge in [0.05, 0.1) is 19.6 Å². The molecule has 2 aromatic carbocycles. The van der Waals surface area contributed by atoms with E-state index in [0.29, 0.717) is 31.9 Å². The van der Waals surface area contributed by atoms with E-state index in [1.807, 2.05) is 18.3 Å². The lowest BCUT2D eigenvalue weighted by atomic mass is 9.95. The molecule has 0 unspecified atom stereocenters. The van der Waals surface area contributed by atoms with Crippen molar-refractivity contribution in [3.05, 3.63) is 77.9 Å². The zero-order valence-corrected chi connectivity index (χ0v) is 19.6. The van der Waals surface area contributed by atoms with Crippen molar-refractivity contribution >= 4 is 22.6 Å². The van der Waals surface area contributed by atoms with Crippen molar-refractivity contribution in [1.29, 1.82) is 0 Å². The number of ether oxygens (including phenoxy) is 1. The molecule has 2 heterocycles. The van der Waals surface area contributed by atoms with Crippen LogP contribution in [0.2, 0.25) is 0 Å². The fourth-order valence-electron chi connectivity index (χ4n) is 4.48. The number of carbonyl (C=O) groups excluding carboxylic acids is 2. The average molecular weight is 464 g/mol. The molecule has 178 valence electrons. The Morgan fingerprint density at radius 3 is 2.76 bits per heavy atom. The Balaban J connectivity index is 1.42. The average Bonchev–Trinajstić information content (AvgIpc) is 3.05. The molecule has 4 rings (SSSR count). The molecular weight excluding hydrogens is 433 g/mol. The van der Waals surface area contributed by atoms with Gasteiger partial charge in [-0.15, -0.1) is 0 Å². The molecule has 7 heteroatoms. The standard InChI is InChI=1S/C27H30FN3O3/c1-27(2,30-25(32)15-19-6-8-23(28)9-7-19)26(33)31-12-13-34-18-20(17-31)14-22-5-3-4-21-10-11-29-16-24(21)22/h3-11,16,20H,12-15,17-18H2,1-2H3,(H,30,32)/t20-/m0/s1. The van der Waals surface area contributed by atoms with E-state index in [1.54, 1.807) is 37.1 Å². The fourth-order valence-corrected chi connectivity index (χ4v) is 4.48. The number of benzene rings is 2. The van der Waals surface area contributed by atoms with E-state index in [4.69, 9.17) is 4.74 Å². The van der Waals surface area contributed by atoms with Crippen molar-refractivity contribution in [2.24, 2.45) is 5.92 Å². The summed E-state index contributed by atoms with van der Waals surface area (Å²) in [5, 5.41) is 5.10. The molecule has 1 aromatic heterocycles. The molecule has 34 heavy (non-hydrogen) atoms. The molecule has 0 saturated carbocycles. The van der Waals surface area contributed by atoms with E-state index in [-0.39, 0.29) is 30.0 Å². The highest BCUT2D eigenvalue weighted by Gasteiger charge is 2.35. The third-order valence-corrected chi connectivity index (χ3v) is 6.17. The van der Waals surface area contributed by atoms with Crippen LogP contribution in [0.15, 0.2) is 60.9 Å². The Morgan fingerprint density at radius 2 is 1.97 bits per heavy atom. The monoisotopic (exact) mass is 463 g/mol. The Labute approximate surface area is 199 Å². The lowest BCUT2D eigenvalue weighted by molar-refractivity contribution is -0.140. The van der Waals surface area contributed by atoms with Crippen LogP contribution >= 0.6 is 0 Å². The summed E-state index contributed by atoms with van der Waals surface area (Å²) in [4.78, 5) is 32.1. The number of rotatable bonds is 6. The Morgan fingerprint density at radius 1 is 1.18 bits per heavy atom. The normalized spacial score (nSPS) is 16.8. The predicted molar refractivity (Wildman–Crippen MR) is 129 cm³/mol. The quantitative estimate of drug-likeness (QED) is 0.607. The zero-order chi connectivity index (χ0) is 24.1. The van der Waals surface area contributed by atoms with Gasteiger partial charge in [-0.2, -0.15) is 0 Å². The number of halogens is 1. The highest BCUT2D eigenvalue weighted by atomic mass is 19.1. The molecule has 2 amide bonds. The third kappa shape index (κ3) is 5.78. The number of nitrogens with one attached hydrogen (secondary N) is 1. The smallest absolute Gasteiger partial charge is 0.247 e. The minimum absolute atomic E-state index is 0.0812. The van der Waals surface area contributed by atoms with Crippen LogP contribution in [0.25, 0.3) is 10.8 Å². The molecule has 1 saturated heterocycles. The molecule has 3 aromatic rings. The van der Waals surface area contributed by atoms with E-state index in [2.05, 4.69) is 22.4 Å². The molecule has 1 fully saturated rings. The summed E-state index contributed by atoms with van der Waals surface area (Å²) < 4.78 is 18.9. The van der Waals surface area contributed by atoms with Gasteiger partial charge >= 0.3 is 0 Å². The predicted octanol–water partition coefficient (Wildman–Crippen LogP) is 3.53. The molecule has 6 nitrogen and oxygen atoms in total. The fraction of sp³-hybridized carbons (Fsp3) is 0.370. The number of carbonyl (C=O) groups is 2. The summed E-state index contributed by atoms with van der Waals surface area (Å²) in [5.74, 6) is -0.647. The first kappa shape index (κ1) is 23.8. The highest BCUT2D eigenvalue weighted by Crippen LogP contribution is 2.23. The van der Waals surface area contributed by atoms with Crippen molar-refractivity contribution < 1.29 is 18.7 Å². The van der Waals surface area contributed by atoms with E-state index >= 15 is 0 Å². The maximum Gasteiger partial charge on any atom is 0.247 e. The summed E-state index contributed by atoms with van der Waals surface area (Å²) >= 11 is 0. The molecule has 1 N–H and O–H groups in total. The Kier molecular flexibility index (Phi) is 7.22. The summed E-state index contributed by atoms with van der Waals surface area (Å²) in [6, 6.07) is 14.0. The number of pyridine rings is 1. The first-order valence-electron chi connectivity index (χ1n) is 11.6. The van der Waals surface area contributed by atoms with Gasteiger partial charge in [0, 0.05) is 36.8 Å². The summed E-state index contributed by atoms with van der Waals surface area (Å²) in [7, 11) is 0. The maximum absolute atomic E-state index is 13.4. The van der Waals surface area contributed by atoms with Crippen LogP contribution in [0.3, 0.4) is 0 Å². The number of amides is 2. The minimum atomic E-state index is -1.07. The zero-order valence-electron chi connectivity index (χ0n) is 19.6. The molecule has 1 aliphatic heterocycles. The van der Waals surface area contributed by atoms with E-state index in [1.165, 1.54) is 17.7 Å². The van der Waals surface area contributed by atoms with Gasteiger partial charge in [0.1, 0.15) is 11.4 Å². The van der Waals surface area contributed by atoms with Crippen LogP contribution in [-0.4, -0.2) is 53.5 Å².